The van der Waals surface area contributed by atoms with Gasteiger partial charge in [0.1, 0.15) is 11.5 Å². The number of nitrogens with one attached hydrogen (secondary N) is 1. The highest BCUT2D eigenvalue weighted by Crippen LogP contribution is 2.25. The Hall–Kier alpha value is -1.22. The van der Waals surface area contributed by atoms with Crippen LogP contribution < -0.4 is 14.8 Å². The molecule has 0 saturated carbocycles. The van der Waals surface area contributed by atoms with Gasteiger partial charge in [-0.05, 0) is 19.0 Å². The predicted octanol–water partition coefficient (Wildman–Crippen LogP) is 2.84. The molecule has 3 heteroatoms. The van der Waals surface area contributed by atoms with Crippen molar-refractivity contribution >= 4 is 0 Å². The zero-order valence-corrected chi connectivity index (χ0v) is 11.2. The average molecular weight is 237 g/mol. The third-order valence-electron chi connectivity index (χ3n) is 2.86. The zero-order valence-electron chi connectivity index (χ0n) is 11.2. The first-order chi connectivity index (χ1) is 8.21. The minimum Gasteiger partial charge on any atom is -0.497 e. The molecule has 0 aliphatic carbocycles. The molecule has 1 aromatic rings. The Morgan fingerprint density at radius 1 is 1.35 bits per heavy atom. The summed E-state index contributed by atoms with van der Waals surface area (Å²) >= 11 is 0. The molecule has 0 aliphatic rings. The molecule has 96 valence electrons. The molecule has 1 atom stereocenters. The van der Waals surface area contributed by atoms with Crippen molar-refractivity contribution < 1.29 is 9.47 Å². The van der Waals surface area contributed by atoms with Crippen LogP contribution in [-0.4, -0.2) is 20.8 Å². The minimum absolute atomic E-state index is 0.573. The van der Waals surface area contributed by atoms with Crippen LogP contribution >= 0.6 is 0 Å². The summed E-state index contributed by atoms with van der Waals surface area (Å²) in [7, 11) is 3.61. The summed E-state index contributed by atoms with van der Waals surface area (Å²) in [4.78, 5) is 0. The Morgan fingerprint density at radius 2 is 2.12 bits per heavy atom. The molecule has 1 unspecified atom stereocenters. The molecule has 0 heterocycles. The summed E-state index contributed by atoms with van der Waals surface area (Å²) in [6, 6.07) is 5.96. The Morgan fingerprint density at radius 3 is 2.71 bits per heavy atom. The number of ether oxygens (including phenoxy) is 2. The van der Waals surface area contributed by atoms with E-state index in [4.69, 9.17) is 9.47 Å². The summed E-state index contributed by atoms with van der Waals surface area (Å²) in [5.41, 5.74) is 1.16. The van der Waals surface area contributed by atoms with Crippen LogP contribution in [-0.2, 0) is 6.54 Å². The quantitative estimate of drug-likeness (QED) is 0.791. The van der Waals surface area contributed by atoms with Gasteiger partial charge in [-0.15, -0.1) is 0 Å². The van der Waals surface area contributed by atoms with Crippen molar-refractivity contribution in [1.29, 1.82) is 0 Å². The summed E-state index contributed by atoms with van der Waals surface area (Å²) in [6.45, 7) is 5.92. The van der Waals surface area contributed by atoms with Gasteiger partial charge in [-0.2, -0.15) is 0 Å². The fraction of sp³-hybridized carbons (Fsp3) is 0.571. The van der Waals surface area contributed by atoms with Crippen LogP contribution in [0.25, 0.3) is 0 Å². The molecule has 0 amide bonds. The maximum atomic E-state index is 5.86. The van der Waals surface area contributed by atoms with E-state index in [0.29, 0.717) is 5.92 Å². The lowest BCUT2D eigenvalue weighted by Crippen LogP contribution is -2.11. The van der Waals surface area contributed by atoms with E-state index >= 15 is 0 Å². The van der Waals surface area contributed by atoms with E-state index in [1.54, 1.807) is 7.11 Å². The Labute approximate surface area is 104 Å². The van der Waals surface area contributed by atoms with Crippen molar-refractivity contribution in [2.24, 2.45) is 5.92 Å². The second-order valence-electron chi connectivity index (χ2n) is 4.33. The van der Waals surface area contributed by atoms with Gasteiger partial charge in [-0.3, -0.25) is 0 Å². The average Bonchev–Trinajstić information content (AvgIpc) is 2.37. The SMILES string of the molecule is CCC(C)COc1cc(OC)ccc1CNC. The summed E-state index contributed by atoms with van der Waals surface area (Å²) < 4.78 is 11.1. The molecule has 0 aromatic heterocycles. The standard InChI is InChI=1S/C14H23NO2/c1-5-11(2)10-17-14-8-13(16-4)7-6-12(14)9-15-3/h6-8,11,15H,5,9-10H2,1-4H3. The molecule has 0 bridgehead atoms. The van der Waals surface area contributed by atoms with Crippen molar-refractivity contribution in [3.8, 4) is 11.5 Å². The van der Waals surface area contributed by atoms with Crippen molar-refractivity contribution in [3.63, 3.8) is 0 Å². The van der Waals surface area contributed by atoms with Crippen LogP contribution in [0.3, 0.4) is 0 Å². The molecule has 3 nitrogen and oxygen atoms in total. The van der Waals surface area contributed by atoms with Crippen LogP contribution in [0.5, 0.6) is 11.5 Å². The van der Waals surface area contributed by atoms with Crippen molar-refractivity contribution in [3.05, 3.63) is 23.8 Å². The second kappa shape index (κ2) is 7.17. The highest BCUT2D eigenvalue weighted by molar-refractivity contribution is 5.40. The number of hydrogen-bond acceptors (Lipinski definition) is 3. The topological polar surface area (TPSA) is 30.5 Å². The van der Waals surface area contributed by atoms with Gasteiger partial charge in [0.15, 0.2) is 0 Å². The first-order valence-corrected chi connectivity index (χ1v) is 6.15. The van der Waals surface area contributed by atoms with E-state index in [1.165, 1.54) is 0 Å². The van der Waals surface area contributed by atoms with E-state index in [2.05, 4.69) is 19.2 Å². The lowest BCUT2D eigenvalue weighted by Gasteiger charge is -2.15. The Kier molecular flexibility index (Phi) is 5.84. The van der Waals surface area contributed by atoms with E-state index < -0.39 is 0 Å². The van der Waals surface area contributed by atoms with E-state index in [-0.39, 0.29) is 0 Å². The maximum Gasteiger partial charge on any atom is 0.127 e. The number of hydrogen-bond donors (Lipinski definition) is 1. The molecule has 0 spiro atoms. The lowest BCUT2D eigenvalue weighted by atomic mass is 10.1. The van der Waals surface area contributed by atoms with Gasteiger partial charge in [-0.1, -0.05) is 26.3 Å². The monoisotopic (exact) mass is 237 g/mol. The van der Waals surface area contributed by atoms with Crippen LogP contribution in [0.1, 0.15) is 25.8 Å². The van der Waals surface area contributed by atoms with Gasteiger partial charge >= 0.3 is 0 Å². The van der Waals surface area contributed by atoms with Crippen LogP contribution in [0.2, 0.25) is 0 Å². The molecule has 1 N–H and O–H groups in total. The van der Waals surface area contributed by atoms with E-state index in [0.717, 1.165) is 36.6 Å². The maximum absolute atomic E-state index is 5.86. The van der Waals surface area contributed by atoms with Crippen molar-refractivity contribution in [2.75, 3.05) is 20.8 Å². The van der Waals surface area contributed by atoms with Gasteiger partial charge in [0.2, 0.25) is 0 Å². The third-order valence-corrected chi connectivity index (χ3v) is 2.86. The smallest absolute Gasteiger partial charge is 0.127 e. The molecule has 1 aromatic carbocycles. The van der Waals surface area contributed by atoms with Crippen LogP contribution in [0.4, 0.5) is 0 Å². The first-order valence-electron chi connectivity index (χ1n) is 6.15. The summed E-state index contributed by atoms with van der Waals surface area (Å²) in [5, 5.41) is 3.14. The Bertz CT molecular complexity index is 339. The number of rotatable bonds is 7. The predicted molar refractivity (Wildman–Crippen MR) is 70.7 cm³/mol. The lowest BCUT2D eigenvalue weighted by molar-refractivity contribution is 0.253. The summed E-state index contributed by atoms with van der Waals surface area (Å²) in [6.07, 6.45) is 1.13. The van der Waals surface area contributed by atoms with Gasteiger partial charge < -0.3 is 14.8 Å². The minimum atomic E-state index is 0.573. The first kappa shape index (κ1) is 13.8. The molecule has 17 heavy (non-hydrogen) atoms. The van der Waals surface area contributed by atoms with Gasteiger partial charge in [0, 0.05) is 18.2 Å². The van der Waals surface area contributed by atoms with E-state index in [1.807, 2.05) is 25.2 Å². The molecular formula is C14H23NO2. The normalized spacial score (nSPS) is 12.2. The van der Waals surface area contributed by atoms with Gasteiger partial charge in [0.25, 0.3) is 0 Å². The largest absolute Gasteiger partial charge is 0.497 e. The fourth-order valence-corrected chi connectivity index (χ4v) is 1.48. The number of methoxy groups -OCH3 is 1. The summed E-state index contributed by atoms with van der Waals surface area (Å²) in [5.74, 6) is 2.33. The van der Waals surface area contributed by atoms with Crippen LogP contribution in [0, 0.1) is 5.92 Å². The zero-order chi connectivity index (χ0) is 12.7. The van der Waals surface area contributed by atoms with Gasteiger partial charge in [0.05, 0.1) is 13.7 Å². The van der Waals surface area contributed by atoms with Gasteiger partial charge in [-0.25, -0.2) is 0 Å². The second-order valence-corrected chi connectivity index (χ2v) is 4.33. The van der Waals surface area contributed by atoms with Crippen molar-refractivity contribution in [1.82, 2.24) is 5.32 Å². The third kappa shape index (κ3) is 4.27. The highest BCUT2D eigenvalue weighted by Gasteiger charge is 2.07. The van der Waals surface area contributed by atoms with Crippen LogP contribution in [0.15, 0.2) is 18.2 Å². The van der Waals surface area contributed by atoms with Crippen molar-refractivity contribution in [2.45, 2.75) is 26.8 Å². The highest BCUT2D eigenvalue weighted by atomic mass is 16.5. The molecule has 1 rings (SSSR count). The van der Waals surface area contributed by atoms with E-state index in [9.17, 15) is 0 Å². The molecule has 0 saturated heterocycles. The molecule has 0 aliphatic heterocycles. The molecular weight excluding hydrogens is 214 g/mol. The number of benzene rings is 1. The Balaban J connectivity index is 2.77. The fourth-order valence-electron chi connectivity index (χ4n) is 1.48. The molecule has 0 fully saturated rings. The molecule has 0 radical (unpaired) electrons.